The van der Waals surface area contributed by atoms with E-state index in [0.717, 1.165) is 0 Å². The number of rotatable bonds is 1. The first-order valence-corrected chi connectivity index (χ1v) is 1.55. The van der Waals surface area contributed by atoms with E-state index in [1.165, 1.54) is 6.92 Å². The van der Waals surface area contributed by atoms with Crippen LogP contribution in [0, 0.1) is 0 Å². The molecule has 0 aliphatic rings. The zero-order valence-electron chi connectivity index (χ0n) is 4.88. The van der Waals surface area contributed by atoms with Gasteiger partial charge < -0.3 is 10.2 Å². The Labute approximate surface area is 84.6 Å². The average molecular weight is 161 g/mol. The molecule has 0 spiro atoms. The molecule has 0 saturated heterocycles. The van der Waals surface area contributed by atoms with Gasteiger partial charge in [-0.05, 0) is 6.92 Å². The monoisotopic (exact) mass is 161 g/mol. The molecule has 1 atom stereocenters. The minimum Gasteiger partial charge on any atom is -0.479 e. The normalized spacial score (nSPS) is 10.2. The number of aliphatic carboxylic acids is 1. The number of hydrogen-bond donors (Lipinski definition) is 2. The van der Waals surface area contributed by atoms with Gasteiger partial charge in [0.2, 0.25) is 0 Å². The van der Waals surface area contributed by atoms with Gasteiger partial charge in [-0.1, -0.05) is 0 Å². The van der Waals surface area contributed by atoms with Crippen molar-refractivity contribution in [3.63, 3.8) is 0 Å². The molecule has 0 rings (SSSR count). The molecule has 2 N–H and O–H groups in total. The van der Waals surface area contributed by atoms with Gasteiger partial charge in [-0.15, -0.1) is 0 Å². The predicted molar refractivity (Wildman–Crippen MR) is 25.1 cm³/mol. The third-order valence-corrected chi connectivity index (χ3v) is 0.357. The molecule has 1 unspecified atom stereocenters. The van der Waals surface area contributed by atoms with Crippen LogP contribution in [0.25, 0.3) is 0 Å². The molecule has 0 saturated carbocycles. The van der Waals surface area contributed by atoms with Crippen molar-refractivity contribution in [2.24, 2.45) is 0 Å². The van der Waals surface area contributed by atoms with Gasteiger partial charge in [0, 0.05) is 51.3 Å². The van der Waals surface area contributed by atoms with Crippen molar-refractivity contribution in [3.8, 4) is 0 Å². The topological polar surface area (TPSA) is 57.5 Å². The van der Waals surface area contributed by atoms with Gasteiger partial charge in [-0.25, -0.2) is 4.79 Å². The first-order valence-electron chi connectivity index (χ1n) is 1.55. The Morgan fingerprint density at radius 1 is 1.62 bits per heavy atom. The Bertz CT molecular complexity index is 65.5. The molecule has 0 heterocycles. The summed E-state index contributed by atoms with van der Waals surface area (Å²) >= 11 is 0. The molecule has 5 heteroatoms. The molecule has 8 heavy (non-hydrogen) atoms. The van der Waals surface area contributed by atoms with Crippen molar-refractivity contribution in [1.82, 2.24) is 0 Å². The van der Waals surface area contributed by atoms with E-state index >= 15 is 0 Å². The van der Waals surface area contributed by atoms with Gasteiger partial charge >= 0.3 is 5.97 Å². The fourth-order valence-corrected chi connectivity index (χ4v) is 0. The SMILES string of the molecule is CC(O)C(=O)O.[Na].[Ti]. The molecular weight excluding hydrogens is 155 g/mol. The number of aliphatic hydroxyl groups is 1. The van der Waals surface area contributed by atoms with E-state index in [0.29, 0.717) is 0 Å². The van der Waals surface area contributed by atoms with Gasteiger partial charge in [-0.3, -0.25) is 0 Å². The van der Waals surface area contributed by atoms with Crippen LogP contribution in [0.15, 0.2) is 0 Å². The molecule has 0 amide bonds. The fourth-order valence-electron chi connectivity index (χ4n) is 0. The van der Waals surface area contributed by atoms with Crippen LogP contribution in [0.5, 0.6) is 0 Å². The van der Waals surface area contributed by atoms with Gasteiger partial charge in [0.25, 0.3) is 0 Å². The zero-order chi connectivity index (χ0) is 5.15. The number of hydrogen-bond acceptors (Lipinski definition) is 2. The second kappa shape index (κ2) is 8.14. The van der Waals surface area contributed by atoms with Gasteiger partial charge in [0.1, 0.15) is 6.10 Å². The van der Waals surface area contributed by atoms with Crippen molar-refractivity contribution in [3.05, 3.63) is 0 Å². The van der Waals surface area contributed by atoms with Gasteiger partial charge in [-0.2, -0.15) is 0 Å². The van der Waals surface area contributed by atoms with E-state index in [2.05, 4.69) is 0 Å². The van der Waals surface area contributed by atoms with Crippen LogP contribution in [0.4, 0.5) is 0 Å². The van der Waals surface area contributed by atoms with E-state index in [1.54, 1.807) is 0 Å². The second-order valence-corrected chi connectivity index (χ2v) is 1.01. The first kappa shape index (κ1) is 16.1. The third kappa shape index (κ3) is 10.2. The zero-order valence-corrected chi connectivity index (χ0v) is 8.44. The van der Waals surface area contributed by atoms with E-state index in [-0.39, 0.29) is 51.3 Å². The summed E-state index contributed by atoms with van der Waals surface area (Å²) in [5.74, 6) is -1.19. The van der Waals surface area contributed by atoms with Crippen molar-refractivity contribution >= 4 is 35.5 Å². The van der Waals surface area contributed by atoms with Gasteiger partial charge in [0.15, 0.2) is 0 Å². The molecule has 1 radical (unpaired) electrons. The van der Waals surface area contributed by atoms with Crippen LogP contribution < -0.4 is 0 Å². The predicted octanol–water partition coefficient (Wildman–Crippen LogP) is -0.931. The van der Waals surface area contributed by atoms with Crippen molar-refractivity contribution in [2.75, 3.05) is 0 Å². The molecule has 0 aliphatic heterocycles. The van der Waals surface area contributed by atoms with Crippen LogP contribution >= 0.6 is 0 Å². The summed E-state index contributed by atoms with van der Waals surface area (Å²) < 4.78 is 0. The molecule has 0 bridgehead atoms. The maximum atomic E-state index is 9.45. The smallest absolute Gasteiger partial charge is 0.332 e. The number of carboxylic acids is 1. The summed E-state index contributed by atoms with van der Waals surface area (Å²) in [6, 6.07) is 0. The van der Waals surface area contributed by atoms with Crippen molar-refractivity contribution < 1.29 is 36.7 Å². The summed E-state index contributed by atoms with van der Waals surface area (Å²) in [6.07, 6.45) is -1.23. The molecule has 0 aliphatic carbocycles. The number of carbonyl (C=O) groups is 1. The molecule has 41 valence electrons. The molecule has 0 aromatic heterocycles. The van der Waals surface area contributed by atoms with E-state index in [4.69, 9.17) is 10.2 Å². The summed E-state index contributed by atoms with van der Waals surface area (Å²) in [4.78, 5) is 9.45. The summed E-state index contributed by atoms with van der Waals surface area (Å²) in [6.45, 7) is 1.20. The minimum absolute atomic E-state index is 0. The number of aliphatic hydroxyl groups excluding tert-OH is 1. The van der Waals surface area contributed by atoms with Crippen molar-refractivity contribution in [2.45, 2.75) is 13.0 Å². The summed E-state index contributed by atoms with van der Waals surface area (Å²) in [5.41, 5.74) is 0. The Morgan fingerprint density at radius 3 is 1.75 bits per heavy atom. The Morgan fingerprint density at radius 2 is 1.75 bits per heavy atom. The standard InChI is InChI=1S/C3H6O3.Na.Ti/c1-2(4)3(5)6;;/h2,4H,1H3,(H,5,6);;. The molecule has 0 aromatic rings. The average Bonchev–Trinajstić information content (AvgIpc) is 1.36. The molecule has 0 aromatic carbocycles. The maximum absolute atomic E-state index is 9.45. The second-order valence-electron chi connectivity index (χ2n) is 1.01. The molecular formula is C3H6NaO3Ti. The molecule has 3 nitrogen and oxygen atoms in total. The van der Waals surface area contributed by atoms with Crippen molar-refractivity contribution in [1.29, 1.82) is 0 Å². The van der Waals surface area contributed by atoms with Crippen LogP contribution in [0.1, 0.15) is 6.92 Å². The first-order chi connectivity index (χ1) is 2.64. The van der Waals surface area contributed by atoms with E-state index in [9.17, 15) is 4.79 Å². The Hall–Kier alpha value is 1.14. The summed E-state index contributed by atoms with van der Waals surface area (Å²) in [5, 5.41) is 15.8. The maximum Gasteiger partial charge on any atom is 0.332 e. The Kier molecular flexibility index (Phi) is 16.4. The largest absolute Gasteiger partial charge is 0.479 e. The van der Waals surface area contributed by atoms with Crippen LogP contribution in [0.3, 0.4) is 0 Å². The number of carboxylic acid groups (broad SMARTS) is 1. The summed E-state index contributed by atoms with van der Waals surface area (Å²) in [7, 11) is 0. The quantitative estimate of drug-likeness (QED) is 0.488. The third-order valence-electron chi connectivity index (χ3n) is 0.357. The minimum atomic E-state index is -1.23. The van der Waals surface area contributed by atoms with E-state index < -0.39 is 12.1 Å². The molecule has 0 fully saturated rings. The van der Waals surface area contributed by atoms with E-state index in [1.807, 2.05) is 0 Å². The van der Waals surface area contributed by atoms with Gasteiger partial charge in [0.05, 0.1) is 0 Å². The van der Waals surface area contributed by atoms with Crippen LogP contribution in [-0.2, 0) is 26.5 Å². The van der Waals surface area contributed by atoms with Crippen LogP contribution in [-0.4, -0.2) is 51.8 Å². The fraction of sp³-hybridized carbons (Fsp3) is 0.667. The Balaban J connectivity index is -0.000000125. The van der Waals surface area contributed by atoms with Crippen LogP contribution in [0.2, 0.25) is 0 Å².